The molecule has 2 unspecified atom stereocenters. The lowest BCUT2D eigenvalue weighted by atomic mass is 9.99. The number of esters is 3. The molecule has 0 aliphatic carbocycles. The van der Waals surface area contributed by atoms with Crippen LogP contribution in [0.3, 0.4) is 0 Å². The molecule has 3 atom stereocenters. The fourth-order valence-corrected chi connectivity index (χ4v) is 8.93. The van der Waals surface area contributed by atoms with Crippen LogP contribution in [0.15, 0.2) is 0 Å². The SMILES string of the molecule is CCC(C)CCCCCCCCCCCCCCCCCCCCC(=O)OC[C@H](COC(=O)CCCCCCCCCCC(C)C)OC(=O)CCCCCCCCCCCCC(C)CC. The first-order chi connectivity index (χ1) is 31.7. The first-order valence-corrected chi connectivity index (χ1v) is 29.2. The summed E-state index contributed by atoms with van der Waals surface area (Å²) < 4.78 is 16.9. The molecule has 0 N–H and O–H groups in total. The Hall–Kier alpha value is -1.59. The van der Waals surface area contributed by atoms with Crippen LogP contribution in [0.4, 0.5) is 0 Å². The van der Waals surface area contributed by atoms with Crippen LogP contribution >= 0.6 is 0 Å². The van der Waals surface area contributed by atoms with Crippen LogP contribution in [0, 0.1) is 17.8 Å². The summed E-state index contributed by atoms with van der Waals surface area (Å²) in [5.74, 6) is 1.73. The molecular formula is C59H114O6. The van der Waals surface area contributed by atoms with E-state index < -0.39 is 6.10 Å². The topological polar surface area (TPSA) is 78.9 Å². The number of carbonyl (C=O) groups excluding carboxylic acids is 3. The number of rotatable bonds is 52. The molecule has 0 aliphatic heterocycles. The molecule has 0 bridgehead atoms. The Kier molecular flexibility index (Phi) is 49.1. The summed E-state index contributed by atoms with van der Waals surface area (Å²) in [6, 6.07) is 0. The molecule has 0 heterocycles. The fraction of sp³-hybridized carbons (Fsp3) is 0.949. The molecule has 0 aromatic carbocycles. The van der Waals surface area contributed by atoms with Gasteiger partial charge in [-0.3, -0.25) is 14.4 Å². The molecule has 386 valence electrons. The quantitative estimate of drug-likeness (QED) is 0.0344. The molecule has 0 saturated carbocycles. The Morgan fingerprint density at radius 2 is 0.538 bits per heavy atom. The first kappa shape index (κ1) is 63.4. The average molecular weight is 920 g/mol. The Morgan fingerprint density at radius 3 is 0.800 bits per heavy atom. The highest BCUT2D eigenvalue weighted by molar-refractivity contribution is 5.71. The molecular weight excluding hydrogens is 805 g/mol. The van der Waals surface area contributed by atoms with Crippen LogP contribution in [-0.4, -0.2) is 37.2 Å². The normalized spacial score (nSPS) is 13.0. The molecule has 0 spiro atoms. The van der Waals surface area contributed by atoms with E-state index in [0.717, 1.165) is 75.5 Å². The summed E-state index contributed by atoms with van der Waals surface area (Å²) in [6.07, 6.45) is 52.4. The zero-order valence-electron chi connectivity index (χ0n) is 44.8. The van der Waals surface area contributed by atoms with Crippen LogP contribution in [0.1, 0.15) is 324 Å². The number of hydrogen-bond donors (Lipinski definition) is 0. The Balaban J connectivity index is 4.22. The standard InChI is InChI=1S/C59H114O6/c1-7-54(5)46-40-34-28-21-17-15-13-11-9-10-12-14-16-18-23-30-36-42-48-57(60)63-51-56(52-64-58(61)49-43-37-31-26-25-27-33-39-45-53(3)4)65-59(62)50-44-38-32-24-20-19-22-29-35-41-47-55(6)8-2/h53-56H,7-52H2,1-6H3/t54?,55?,56-/m1/s1. The summed E-state index contributed by atoms with van der Waals surface area (Å²) in [5.41, 5.74) is 0. The fourth-order valence-electron chi connectivity index (χ4n) is 8.93. The van der Waals surface area contributed by atoms with E-state index in [9.17, 15) is 14.4 Å². The monoisotopic (exact) mass is 919 g/mol. The van der Waals surface area contributed by atoms with Crippen LogP contribution in [-0.2, 0) is 28.6 Å². The minimum Gasteiger partial charge on any atom is -0.462 e. The minimum absolute atomic E-state index is 0.0641. The molecule has 0 aliphatic rings. The molecule has 0 radical (unpaired) electrons. The Bertz CT molecular complexity index is 1010. The third-order valence-corrected chi connectivity index (χ3v) is 14.1. The average Bonchev–Trinajstić information content (AvgIpc) is 3.29. The summed E-state index contributed by atoms with van der Waals surface area (Å²) >= 11 is 0. The minimum atomic E-state index is -0.764. The van der Waals surface area contributed by atoms with Crippen LogP contribution in [0.25, 0.3) is 0 Å². The summed E-state index contributed by atoms with van der Waals surface area (Å²) in [7, 11) is 0. The van der Waals surface area contributed by atoms with Gasteiger partial charge in [-0.2, -0.15) is 0 Å². The number of hydrogen-bond acceptors (Lipinski definition) is 6. The van der Waals surface area contributed by atoms with Gasteiger partial charge in [-0.1, -0.05) is 286 Å². The van der Waals surface area contributed by atoms with Gasteiger partial charge in [-0.25, -0.2) is 0 Å². The second kappa shape index (κ2) is 50.3. The van der Waals surface area contributed by atoms with Gasteiger partial charge in [0.15, 0.2) is 6.10 Å². The van der Waals surface area contributed by atoms with Crippen molar-refractivity contribution in [2.24, 2.45) is 17.8 Å². The Morgan fingerprint density at radius 1 is 0.308 bits per heavy atom. The van der Waals surface area contributed by atoms with E-state index in [1.165, 1.54) is 205 Å². The van der Waals surface area contributed by atoms with Gasteiger partial charge in [0.25, 0.3) is 0 Å². The third kappa shape index (κ3) is 50.1. The summed E-state index contributed by atoms with van der Waals surface area (Å²) in [6.45, 7) is 13.8. The van der Waals surface area contributed by atoms with Crippen LogP contribution < -0.4 is 0 Å². The molecule has 0 saturated heterocycles. The number of ether oxygens (including phenoxy) is 3. The molecule has 0 fully saturated rings. The Labute approximate surface area is 406 Å². The van der Waals surface area contributed by atoms with E-state index in [1.54, 1.807) is 0 Å². The lowest BCUT2D eigenvalue weighted by Crippen LogP contribution is -2.30. The first-order valence-electron chi connectivity index (χ1n) is 29.2. The van der Waals surface area contributed by atoms with Crippen molar-refractivity contribution in [1.29, 1.82) is 0 Å². The maximum Gasteiger partial charge on any atom is 0.306 e. The predicted octanol–water partition coefficient (Wildman–Crippen LogP) is 19.1. The van der Waals surface area contributed by atoms with E-state index >= 15 is 0 Å². The van der Waals surface area contributed by atoms with Gasteiger partial charge in [0, 0.05) is 19.3 Å². The van der Waals surface area contributed by atoms with Crippen LogP contribution in [0.5, 0.6) is 0 Å². The van der Waals surface area contributed by atoms with Gasteiger partial charge in [0.1, 0.15) is 13.2 Å². The molecule has 6 nitrogen and oxygen atoms in total. The second-order valence-corrected chi connectivity index (χ2v) is 21.2. The largest absolute Gasteiger partial charge is 0.462 e. The zero-order chi connectivity index (χ0) is 47.7. The summed E-state index contributed by atoms with van der Waals surface area (Å²) in [4.78, 5) is 38.1. The lowest BCUT2D eigenvalue weighted by Gasteiger charge is -2.18. The van der Waals surface area contributed by atoms with Crippen LogP contribution in [0.2, 0.25) is 0 Å². The van der Waals surface area contributed by atoms with Crippen molar-refractivity contribution in [3.05, 3.63) is 0 Å². The van der Waals surface area contributed by atoms with Gasteiger partial charge in [-0.15, -0.1) is 0 Å². The second-order valence-electron chi connectivity index (χ2n) is 21.2. The predicted molar refractivity (Wildman–Crippen MR) is 279 cm³/mol. The lowest BCUT2D eigenvalue weighted by molar-refractivity contribution is -0.167. The zero-order valence-corrected chi connectivity index (χ0v) is 44.8. The van der Waals surface area contributed by atoms with E-state index in [4.69, 9.17) is 14.2 Å². The van der Waals surface area contributed by atoms with Crippen molar-refractivity contribution < 1.29 is 28.6 Å². The molecule has 0 aromatic rings. The van der Waals surface area contributed by atoms with Gasteiger partial charge in [-0.05, 0) is 37.0 Å². The van der Waals surface area contributed by atoms with E-state index in [1.807, 2.05) is 0 Å². The molecule has 0 aromatic heterocycles. The number of unbranched alkanes of at least 4 members (excludes halogenated alkanes) is 33. The van der Waals surface area contributed by atoms with Crippen molar-refractivity contribution in [2.75, 3.05) is 13.2 Å². The van der Waals surface area contributed by atoms with Crippen molar-refractivity contribution in [3.8, 4) is 0 Å². The van der Waals surface area contributed by atoms with Gasteiger partial charge >= 0.3 is 17.9 Å². The van der Waals surface area contributed by atoms with Gasteiger partial charge in [0.05, 0.1) is 0 Å². The van der Waals surface area contributed by atoms with Crippen molar-refractivity contribution in [1.82, 2.24) is 0 Å². The van der Waals surface area contributed by atoms with E-state index in [0.29, 0.717) is 19.3 Å². The maximum atomic E-state index is 12.8. The maximum absolute atomic E-state index is 12.8. The third-order valence-electron chi connectivity index (χ3n) is 14.1. The highest BCUT2D eigenvalue weighted by Gasteiger charge is 2.19. The van der Waals surface area contributed by atoms with Crippen molar-refractivity contribution >= 4 is 17.9 Å². The highest BCUT2D eigenvalue weighted by Crippen LogP contribution is 2.19. The smallest absolute Gasteiger partial charge is 0.306 e. The molecule has 0 amide bonds. The van der Waals surface area contributed by atoms with E-state index in [2.05, 4.69) is 41.5 Å². The highest BCUT2D eigenvalue weighted by atomic mass is 16.6. The number of carbonyl (C=O) groups is 3. The molecule has 6 heteroatoms. The van der Waals surface area contributed by atoms with Crippen molar-refractivity contribution in [2.45, 2.75) is 330 Å². The van der Waals surface area contributed by atoms with Crippen molar-refractivity contribution in [3.63, 3.8) is 0 Å². The van der Waals surface area contributed by atoms with Gasteiger partial charge < -0.3 is 14.2 Å². The van der Waals surface area contributed by atoms with E-state index in [-0.39, 0.29) is 31.1 Å². The van der Waals surface area contributed by atoms with Gasteiger partial charge in [0.2, 0.25) is 0 Å². The molecule has 0 rings (SSSR count). The molecule has 65 heavy (non-hydrogen) atoms. The summed E-state index contributed by atoms with van der Waals surface area (Å²) in [5, 5.41) is 0.